The van der Waals surface area contributed by atoms with Crippen molar-refractivity contribution in [3.63, 3.8) is 0 Å². The maximum Gasteiger partial charge on any atom is 2.00 e. The molecule has 7 heteroatoms. The summed E-state index contributed by atoms with van der Waals surface area (Å²) in [6.07, 6.45) is 11.8. The van der Waals surface area contributed by atoms with Crippen molar-refractivity contribution in [1.29, 1.82) is 0 Å². The van der Waals surface area contributed by atoms with Crippen LogP contribution in [0.15, 0.2) is 0 Å². The Balaban J connectivity index is -0.000000101. The van der Waals surface area contributed by atoms with Crippen LogP contribution in [0.25, 0.3) is 0 Å². The zero-order chi connectivity index (χ0) is 20.3. The fraction of sp³-hybridized carbons (Fsp3) is 0.421. The summed E-state index contributed by atoms with van der Waals surface area (Å²) in [5.41, 5.74) is 0. The molecule has 0 aromatic heterocycles. The zero-order valence-electron chi connectivity index (χ0n) is 15.0. The first-order valence-electron chi connectivity index (χ1n) is 7.10. The van der Waals surface area contributed by atoms with E-state index in [-0.39, 0.29) is 34.0 Å². The molecule has 1 rings (SSSR count). The van der Waals surface area contributed by atoms with Crippen LogP contribution in [0, 0.1) is 70.8 Å². The van der Waals surface area contributed by atoms with Crippen molar-refractivity contribution >= 4 is 0 Å². The molecule has 6 nitrogen and oxygen atoms in total. The second-order valence-electron chi connectivity index (χ2n) is 3.98. The van der Waals surface area contributed by atoms with Gasteiger partial charge in [-0.05, 0) is 38.5 Å². The molecule has 1 saturated carbocycles. The van der Waals surface area contributed by atoms with Crippen LogP contribution < -0.4 is 0 Å². The minimum atomic E-state index is -0.769. The molecule has 0 unspecified atom stereocenters. The molecule has 2 atom stereocenters. The molecule has 26 heavy (non-hydrogen) atoms. The van der Waals surface area contributed by atoms with Crippen molar-refractivity contribution in [3.8, 4) is 11.8 Å². The van der Waals surface area contributed by atoms with Crippen molar-refractivity contribution in [1.82, 2.24) is 0 Å². The summed E-state index contributed by atoms with van der Waals surface area (Å²) in [4.78, 5) is 0. The van der Waals surface area contributed by atoms with E-state index in [1.807, 2.05) is 32.1 Å². The van der Waals surface area contributed by atoms with E-state index in [0.29, 0.717) is 0 Å². The quantitative estimate of drug-likeness (QED) is 0.236. The third kappa shape index (κ3) is 31.0. The second kappa shape index (κ2) is 39.3. The molecule has 0 saturated heterocycles. The molecule has 1 aliphatic rings. The predicted molar refractivity (Wildman–Crippen MR) is 88.7 cm³/mol. The number of aliphatic hydroxyl groups is 1. The van der Waals surface area contributed by atoms with Gasteiger partial charge in [0.2, 0.25) is 0 Å². The molecule has 0 heterocycles. The van der Waals surface area contributed by atoms with Gasteiger partial charge in [0.25, 0.3) is 0 Å². The first-order chi connectivity index (χ1) is 12.3. The summed E-state index contributed by atoms with van der Waals surface area (Å²) >= 11 is 0. The number of unbranched alkanes of at least 4 members (excludes halogenated alkanes) is 1. The summed E-state index contributed by atoms with van der Waals surface area (Å²) in [5.74, 6) is 5.01. The molecule has 1 fully saturated rings. The second-order valence-corrected chi connectivity index (χ2v) is 3.98. The topological polar surface area (TPSA) is 98.4 Å². The van der Waals surface area contributed by atoms with E-state index < -0.39 is 6.10 Å². The monoisotopic (exact) mass is 532 g/mol. The third-order valence-corrected chi connectivity index (χ3v) is 2.40. The number of rotatable bonds is 7. The van der Waals surface area contributed by atoms with Gasteiger partial charge in [-0.25, -0.2) is 0 Å². The Kier molecular flexibility index (Phi) is 54.7. The molecule has 141 valence electrons. The van der Waals surface area contributed by atoms with Gasteiger partial charge in [-0.2, -0.15) is 6.92 Å². The standard InChI is InChI=1S/C11H19O3.C5H5.3CO.W/c1-4-6-8-11(14-9-13-3)10(12)7-5-2;1-2-4-5-3-1;3*1-2;/h10-12H,2,4,6,8-9H2,1,3H3;1-5H;;;;/q-1;;;;;+2/t10-,11-;;;;;/m0...../s1. The molecule has 0 aliphatic heterocycles. The van der Waals surface area contributed by atoms with Crippen LogP contribution in [0.5, 0.6) is 0 Å². The van der Waals surface area contributed by atoms with E-state index in [4.69, 9.17) is 23.4 Å². The summed E-state index contributed by atoms with van der Waals surface area (Å²) in [6.45, 7) is 19.1. The fourth-order valence-electron chi connectivity index (χ4n) is 1.41. The van der Waals surface area contributed by atoms with E-state index in [0.717, 1.165) is 19.3 Å². The normalized spacial score (nSPS) is 12.5. The molecular weight excluding hydrogens is 508 g/mol. The summed E-state index contributed by atoms with van der Waals surface area (Å²) in [5, 5.41) is 9.57. The van der Waals surface area contributed by atoms with E-state index in [1.165, 1.54) is 0 Å². The number of aliphatic hydroxyl groups excluding tert-OH is 1. The molecule has 5 radical (unpaired) electrons. The predicted octanol–water partition coefficient (Wildman–Crippen LogP) is 2.27. The Morgan fingerprint density at radius 3 is 1.77 bits per heavy atom. The Hall–Kier alpha value is -0.782. The number of hydrogen-bond acceptors (Lipinski definition) is 3. The molecular formula is C19H24O6W+. The van der Waals surface area contributed by atoms with Crippen LogP contribution in [0.1, 0.15) is 26.2 Å². The molecule has 1 aliphatic carbocycles. The first-order valence-corrected chi connectivity index (χ1v) is 7.10. The van der Waals surface area contributed by atoms with Gasteiger partial charge >= 0.3 is 55.0 Å². The number of methoxy groups -OCH3 is 1. The Morgan fingerprint density at radius 1 is 1.04 bits per heavy atom. The van der Waals surface area contributed by atoms with Gasteiger partial charge in [-0.3, -0.25) is 11.8 Å². The van der Waals surface area contributed by atoms with Crippen LogP contribution in [-0.2, 0) is 44.5 Å². The summed E-state index contributed by atoms with van der Waals surface area (Å²) in [6, 6.07) is 0. The largest absolute Gasteiger partial charge is 2.00 e. The Bertz CT molecular complexity index is 323. The molecule has 0 amide bonds. The summed E-state index contributed by atoms with van der Waals surface area (Å²) < 4.78 is 32.6. The molecule has 0 spiro atoms. The number of ether oxygens (including phenoxy) is 2. The summed E-state index contributed by atoms with van der Waals surface area (Å²) in [7, 11) is 1.55. The SMILES string of the molecule is [C-]#[O+].[C-]#[O+].[C-]#[O+].[CH2-]C#C[C@H](O)[C@H](CCCC)OCOC.[CH]1[CH][CH][CH][CH]1.[W+2]. The van der Waals surface area contributed by atoms with Crippen molar-refractivity contribution in [2.45, 2.75) is 38.4 Å². The Labute approximate surface area is 172 Å². The van der Waals surface area contributed by atoms with Crippen molar-refractivity contribution < 1.29 is 49.6 Å². The van der Waals surface area contributed by atoms with Crippen LogP contribution >= 0.6 is 0 Å². The van der Waals surface area contributed by atoms with E-state index >= 15 is 0 Å². The maximum absolute atomic E-state index is 9.57. The smallest absolute Gasteiger partial charge is 0.398 e. The molecule has 0 aromatic rings. The van der Waals surface area contributed by atoms with Crippen molar-refractivity contribution in [2.24, 2.45) is 0 Å². The van der Waals surface area contributed by atoms with Crippen LogP contribution in [0.4, 0.5) is 0 Å². The van der Waals surface area contributed by atoms with Gasteiger partial charge in [-0.1, -0.05) is 19.8 Å². The molecule has 0 aromatic carbocycles. The number of hydrogen-bond donors (Lipinski definition) is 1. The van der Waals surface area contributed by atoms with Crippen molar-refractivity contribution in [3.05, 3.63) is 59.0 Å². The molecule has 0 bridgehead atoms. The maximum atomic E-state index is 9.57. The first kappa shape index (κ1) is 36.2. The minimum absolute atomic E-state index is 0. The van der Waals surface area contributed by atoms with Gasteiger partial charge < -0.3 is 14.6 Å². The van der Waals surface area contributed by atoms with Crippen LogP contribution in [0.2, 0.25) is 0 Å². The van der Waals surface area contributed by atoms with E-state index in [2.05, 4.69) is 45.6 Å². The van der Waals surface area contributed by atoms with Crippen LogP contribution in [0.3, 0.4) is 0 Å². The van der Waals surface area contributed by atoms with E-state index in [9.17, 15) is 5.11 Å². The average molecular weight is 532 g/mol. The molecule has 1 N–H and O–H groups in total. The van der Waals surface area contributed by atoms with Gasteiger partial charge in [0.1, 0.15) is 6.79 Å². The Morgan fingerprint density at radius 2 is 1.46 bits per heavy atom. The van der Waals surface area contributed by atoms with E-state index in [1.54, 1.807) is 7.11 Å². The van der Waals surface area contributed by atoms with Gasteiger partial charge in [0, 0.05) is 7.11 Å². The van der Waals surface area contributed by atoms with Gasteiger partial charge in [-0.15, -0.1) is 0 Å². The van der Waals surface area contributed by atoms with Crippen molar-refractivity contribution in [2.75, 3.05) is 13.9 Å². The zero-order valence-corrected chi connectivity index (χ0v) is 17.9. The van der Waals surface area contributed by atoms with Gasteiger partial charge in [0.05, 0.1) is 12.2 Å². The van der Waals surface area contributed by atoms with Gasteiger partial charge in [0.15, 0.2) is 0 Å². The fourth-order valence-corrected chi connectivity index (χ4v) is 1.41. The van der Waals surface area contributed by atoms with Crippen LogP contribution in [-0.4, -0.2) is 31.2 Å². The average Bonchev–Trinajstić information content (AvgIpc) is 3.27. The minimum Gasteiger partial charge on any atom is -0.398 e. The third-order valence-electron chi connectivity index (χ3n) is 2.40.